The number of amides is 1. The Bertz CT molecular complexity index is 607. The maximum absolute atomic E-state index is 12.2. The van der Waals surface area contributed by atoms with Crippen LogP contribution in [0.3, 0.4) is 0 Å². The molecule has 26 heavy (non-hydrogen) atoms. The second-order valence-electron chi connectivity index (χ2n) is 7.26. The Balaban J connectivity index is 0.000000201. The molecule has 2 saturated carbocycles. The van der Waals surface area contributed by atoms with Gasteiger partial charge in [0.05, 0.1) is 0 Å². The summed E-state index contributed by atoms with van der Waals surface area (Å²) >= 11 is 0. The third-order valence-electron chi connectivity index (χ3n) is 4.92. The maximum Gasteiger partial charge on any atom is 0.315 e. The van der Waals surface area contributed by atoms with Crippen molar-refractivity contribution in [1.82, 2.24) is 25.3 Å². The molecule has 8 nitrogen and oxygen atoms in total. The van der Waals surface area contributed by atoms with Gasteiger partial charge in [0.15, 0.2) is 0 Å². The molecule has 0 radical (unpaired) electrons. The van der Waals surface area contributed by atoms with Crippen LogP contribution in [0.4, 0.5) is 6.01 Å². The van der Waals surface area contributed by atoms with Crippen molar-refractivity contribution >= 4 is 11.9 Å². The number of H-pyrrole nitrogens is 1. The predicted octanol–water partition coefficient (Wildman–Crippen LogP) is 2.85. The Labute approximate surface area is 153 Å². The topological polar surface area (TPSA) is 99.9 Å². The van der Waals surface area contributed by atoms with Crippen LogP contribution in [-0.2, 0) is 4.79 Å². The Hall–Kier alpha value is -2.38. The fraction of sp³-hybridized carbons (Fsp3) is 0.667. The van der Waals surface area contributed by atoms with Gasteiger partial charge >= 0.3 is 6.01 Å². The van der Waals surface area contributed by atoms with E-state index in [9.17, 15) is 4.79 Å². The molecule has 3 fully saturated rings. The standard InChI is InChI=1S/C12H18N4O2.C3H4N2.C3H6/c1-9(14-11-15-13-8-18-11)10(17)16-6-4-12(2-3-12)5-7-16;1-2-4-5-3-1;1-2-3-1/h8-9H,2-7H2,1H3,(H,14,15);1-3H,(H,4,5);1-3H2. The molecule has 8 heteroatoms. The minimum absolute atomic E-state index is 0.115. The molecule has 1 spiro atoms. The highest BCUT2D eigenvalue weighted by Gasteiger charge is 2.45. The summed E-state index contributed by atoms with van der Waals surface area (Å²) in [5.74, 6) is 0.115. The molecule has 3 heterocycles. The van der Waals surface area contributed by atoms with Crippen LogP contribution in [-0.4, -0.2) is 50.3 Å². The van der Waals surface area contributed by atoms with Crippen molar-refractivity contribution in [2.75, 3.05) is 18.4 Å². The lowest BCUT2D eigenvalue weighted by Gasteiger charge is -2.33. The minimum atomic E-state index is -0.321. The van der Waals surface area contributed by atoms with E-state index in [2.05, 4.69) is 25.7 Å². The molecule has 2 aromatic heterocycles. The van der Waals surface area contributed by atoms with E-state index in [1.54, 1.807) is 12.4 Å². The zero-order valence-corrected chi connectivity index (χ0v) is 15.4. The largest absolute Gasteiger partial charge is 0.411 e. The third kappa shape index (κ3) is 5.86. The van der Waals surface area contributed by atoms with E-state index in [1.165, 1.54) is 38.5 Å². The van der Waals surface area contributed by atoms with E-state index in [0.717, 1.165) is 25.9 Å². The number of nitrogens with one attached hydrogen (secondary N) is 2. The Morgan fingerprint density at radius 3 is 2.42 bits per heavy atom. The van der Waals surface area contributed by atoms with Gasteiger partial charge in [-0.3, -0.25) is 9.89 Å². The highest BCUT2D eigenvalue weighted by atomic mass is 16.4. The summed E-state index contributed by atoms with van der Waals surface area (Å²) in [6.07, 6.45) is 14.2. The normalized spacial score (nSPS) is 20.1. The SMILES string of the molecule is C1CC1.CC(Nc1nnco1)C(=O)N1CCC2(CC1)CC2.c1cn[nH]c1. The predicted molar refractivity (Wildman–Crippen MR) is 97.3 cm³/mol. The number of aromatic amines is 1. The first-order valence-electron chi connectivity index (χ1n) is 9.44. The smallest absolute Gasteiger partial charge is 0.315 e. The number of anilines is 1. The van der Waals surface area contributed by atoms with Gasteiger partial charge in [-0.25, -0.2) is 0 Å². The molecular weight excluding hydrogens is 332 g/mol. The van der Waals surface area contributed by atoms with Crippen LogP contribution in [0.5, 0.6) is 0 Å². The number of likely N-dealkylation sites (tertiary alicyclic amines) is 1. The summed E-state index contributed by atoms with van der Waals surface area (Å²) in [7, 11) is 0. The quantitative estimate of drug-likeness (QED) is 0.873. The summed E-state index contributed by atoms with van der Waals surface area (Å²) < 4.78 is 4.98. The Morgan fingerprint density at radius 1 is 1.27 bits per heavy atom. The lowest BCUT2D eigenvalue weighted by Crippen LogP contribution is -2.45. The van der Waals surface area contributed by atoms with Crippen molar-refractivity contribution in [1.29, 1.82) is 0 Å². The van der Waals surface area contributed by atoms with Crippen LogP contribution < -0.4 is 5.32 Å². The second kappa shape index (κ2) is 8.82. The average molecular weight is 360 g/mol. The molecule has 2 aliphatic carbocycles. The molecule has 5 rings (SSSR count). The molecule has 1 aliphatic heterocycles. The minimum Gasteiger partial charge on any atom is -0.411 e. The number of hydrogen-bond donors (Lipinski definition) is 2. The first-order chi connectivity index (χ1) is 12.7. The van der Waals surface area contributed by atoms with E-state index in [4.69, 9.17) is 4.42 Å². The zero-order valence-electron chi connectivity index (χ0n) is 15.4. The molecule has 1 saturated heterocycles. The summed E-state index contributed by atoms with van der Waals surface area (Å²) in [5.41, 5.74) is 0.597. The second-order valence-corrected chi connectivity index (χ2v) is 7.26. The van der Waals surface area contributed by atoms with Gasteiger partial charge in [-0.2, -0.15) is 5.10 Å². The van der Waals surface area contributed by atoms with Crippen molar-refractivity contribution in [3.63, 3.8) is 0 Å². The Morgan fingerprint density at radius 2 is 2.00 bits per heavy atom. The van der Waals surface area contributed by atoms with Crippen molar-refractivity contribution in [2.45, 2.75) is 57.9 Å². The summed E-state index contributed by atoms with van der Waals surface area (Å²) in [5, 5.41) is 16.4. The molecule has 1 amide bonds. The van der Waals surface area contributed by atoms with Crippen LogP contribution in [0.1, 0.15) is 51.9 Å². The highest BCUT2D eigenvalue weighted by molar-refractivity contribution is 5.83. The first kappa shape index (κ1) is 18.4. The zero-order chi connectivity index (χ0) is 18.2. The van der Waals surface area contributed by atoms with Crippen molar-refractivity contribution < 1.29 is 9.21 Å². The number of carbonyl (C=O) groups is 1. The summed E-state index contributed by atoms with van der Waals surface area (Å²) in [6.45, 7) is 3.59. The molecule has 2 aromatic rings. The van der Waals surface area contributed by atoms with Crippen LogP contribution in [0.25, 0.3) is 0 Å². The lowest BCUT2D eigenvalue weighted by atomic mass is 9.93. The van der Waals surface area contributed by atoms with E-state index >= 15 is 0 Å². The molecule has 0 aromatic carbocycles. The summed E-state index contributed by atoms with van der Waals surface area (Å²) in [6, 6.07) is 1.81. The van der Waals surface area contributed by atoms with Crippen LogP contribution >= 0.6 is 0 Å². The number of rotatable bonds is 3. The molecule has 1 unspecified atom stereocenters. The highest BCUT2D eigenvalue weighted by Crippen LogP contribution is 2.53. The van der Waals surface area contributed by atoms with E-state index < -0.39 is 0 Å². The van der Waals surface area contributed by atoms with Crippen molar-refractivity contribution in [3.8, 4) is 0 Å². The average Bonchev–Trinajstić information content (AvgIpc) is 3.56. The fourth-order valence-corrected chi connectivity index (χ4v) is 2.85. The van der Waals surface area contributed by atoms with Crippen LogP contribution in [0.15, 0.2) is 29.3 Å². The van der Waals surface area contributed by atoms with Crippen molar-refractivity contribution in [2.24, 2.45) is 5.41 Å². The number of aromatic nitrogens is 4. The Kier molecular flexibility index (Phi) is 6.25. The van der Waals surface area contributed by atoms with E-state index in [-0.39, 0.29) is 11.9 Å². The maximum atomic E-state index is 12.2. The van der Waals surface area contributed by atoms with Gasteiger partial charge in [0, 0.05) is 25.5 Å². The van der Waals surface area contributed by atoms with Gasteiger partial charge in [0.2, 0.25) is 12.3 Å². The molecule has 2 N–H and O–H groups in total. The molecule has 142 valence electrons. The van der Waals surface area contributed by atoms with Gasteiger partial charge in [-0.05, 0) is 44.1 Å². The monoisotopic (exact) mass is 360 g/mol. The van der Waals surface area contributed by atoms with E-state index in [0.29, 0.717) is 11.4 Å². The van der Waals surface area contributed by atoms with Gasteiger partial charge in [0.25, 0.3) is 0 Å². The fourth-order valence-electron chi connectivity index (χ4n) is 2.85. The van der Waals surface area contributed by atoms with Gasteiger partial charge in [0.1, 0.15) is 6.04 Å². The number of piperidine rings is 1. The van der Waals surface area contributed by atoms with Crippen LogP contribution in [0, 0.1) is 5.41 Å². The van der Waals surface area contributed by atoms with E-state index in [1.807, 2.05) is 17.9 Å². The van der Waals surface area contributed by atoms with Gasteiger partial charge in [-0.15, -0.1) is 5.10 Å². The molecular formula is C18H28N6O2. The molecule has 1 atom stereocenters. The van der Waals surface area contributed by atoms with Gasteiger partial charge < -0.3 is 14.6 Å². The molecule has 3 aliphatic rings. The first-order valence-corrected chi connectivity index (χ1v) is 9.44. The third-order valence-corrected chi connectivity index (χ3v) is 4.92. The molecule has 0 bridgehead atoms. The van der Waals surface area contributed by atoms with Crippen molar-refractivity contribution in [3.05, 3.63) is 24.9 Å². The number of nitrogens with zero attached hydrogens (tertiary/aromatic N) is 4. The summed E-state index contributed by atoms with van der Waals surface area (Å²) in [4.78, 5) is 14.2. The van der Waals surface area contributed by atoms with Crippen LogP contribution in [0.2, 0.25) is 0 Å². The number of hydrogen-bond acceptors (Lipinski definition) is 6. The number of carbonyl (C=O) groups excluding carboxylic acids is 1. The van der Waals surface area contributed by atoms with Gasteiger partial charge in [-0.1, -0.05) is 24.4 Å². The lowest BCUT2D eigenvalue weighted by molar-refractivity contribution is -0.133.